The molecule has 0 bridgehead atoms. The predicted octanol–water partition coefficient (Wildman–Crippen LogP) is 3.58. The van der Waals surface area contributed by atoms with E-state index < -0.39 is 0 Å². The van der Waals surface area contributed by atoms with Crippen molar-refractivity contribution in [2.75, 3.05) is 31.9 Å². The average molecular weight is 515 g/mol. The summed E-state index contributed by atoms with van der Waals surface area (Å²) >= 11 is 1.54. The number of benzene rings is 2. The fourth-order valence-electron chi connectivity index (χ4n) is 5.15. The number of thioether (sulfide) groups is 1. The summed E-state index contributed by atoms with van der Waals surface area (Å²) in [6.07, 6.45) is 1.91. The summed E-state index contributed by atoms with van der Waals surface area (Å²) in [5.74, 6) is 0.779. The molecular weight excluding hydrogens is 484 g/mol. The number of carbonyl (C=O) groups is 1. The van der Waals surface area contributed by atoms with E-state index in [2.05, 4.69) is 60.2 Å². The highest BCUT2D eigenvalue weighted by molar-refractivity contribution is 7.99. The molecule has 2 aromatic heterocycles. The highest BCUT2D eigenvalue weighted by Crippen LogP contribution is 2.34. The van der Waals surface area contributed by atoms with Crippen LogP contribution in [-0.4, -0.2) is 67.0 Å². The Kier molecular flexibility index (Phi) is 6.34. The summed E-state index contributed by atoms with van der Waals surface area (Å²) in [6, 6.07) is 16.3. The lowest BCUT2D eigenvalue weighted by Crippen LogP contribution is -2.48. The van der Waals surface area contributed by atoms with Gasteiger partial charge in [0.1, 0.15) is 5.39 Å². The van der Waals surface area contributed by atoms with Crippen LogP contribution in [0.2, 0.25) is 0 Å². The van der Waals surface area contributed by atoms with Crippen molar-refractivity contribution in [1.82, 2.24) is 29.1 Å². The van der Waals surface area contributed by atoms with Crippen LogP contribution in [0.5, 0.6) is 0 Å². The van der Waals surface area contributed by atoms with E-state index in [-0.39, 0.29) is 17.5 Å². The Morgan fingerprint density at radius 2 is 1.81 bits per heavy atom. The molecular formula is C28H30N6O2S. The first-order chi connectivity index (χ1) is 18.0. The normalized spacial score (nSPS) is 17.9. The van der Waals surface area contributed by atoms with Crippen molar-refractivity contribution in [3.63, 3.8) is 0 Å². The van der Waals surface area contributed by atoms with Gasteiger partial charge in [0, 0.05) is 44.9 Å². The predicted molar refractivity (Wildman–Crippen MR) is 145 cm³/mol. The molecule has 0 radical (unpaired) electrons. The van der Waals surface area contributed by atoms with Gasteiger partial charge in [-0.25, -0.2) is 9.67 Å². The molecule has 1 atom stereocenters. The topological polar surface area (TPSA) is 76.3 Å². The van der Waals surface area contributed by atoms with Gasteiger partial charge >= 0.3 is 0 Å². The van der Waals surface area contributed by atoms with E-state index >= 15 is 0 Å². The van der Waals surface area contributed by atoms with Crippen molar-refractivity contribution in [2.45, 2.75) is 38.0 Å². The Bertz CT molecular complexity index is 1520. The highest BCUT2D eigenvalue weighted by atomic mass is 32.2. The monoisotopic (exact) mass is 514 g/mol. The molecule has 2 aliphatic rings. The minimum absolute atomic E-state index is 0.107. The van der Waals surface area contributed by atoms with E-state index in [1.165, 1.54) is 22.9 Å². The number of aromatic nitrogens is 4. The summed E-state index contributed by atoms with van der Waals surface area (Å²) < 4.78 is 3.45. The van der Waals surface area contributed by atoms with Crippen molar-refractivity contribution in [3.8, 4) is 5.69 Å². The maximum Gasteiger partial charge on any atom is 0.265 e. The van der Waals surface area contributed by atoms with E-state index in [1.54, 1.807) is 15.4 Å². The first-order valence-electron chi connectivity index (χ1n) is 12.7. The molecule has 1 saturated heterocycles. The zero-order valence-electron chi connectivity index (χ0n) is 21.1. The third-order valence-corrected chi connectivity index (χ3v) is 8.59. The van der Waals surface area contributed by atoms with Gasteiger partial charge in [0.15, 0.2) is 10.8 Å². The fraction of sp³-hybridized carbons (Fsp3) is 0.357. The summed E-state index contributed by atoms with van der Waals surface area (Å²) in [4.78, 5) is 35.8. The Morgan fingerprint density at radius 3 is 2.57 bits per heavy atom. The average Bonchev–Trinajstić information content (AvgIpc) is 3.52. The summed E-state index contributed by atoms with van der Waals surface area (Å²) in [5, 5.41) is 5.63. The van der Waals surface area contributed by atoms with Crippen molar-refractivity contribution >= 4 is 28.7 Å². The van der Waals surface area contributed by atoms with Gasteiger partial charge in [-0.3, -0.25) is 19.1 Å². The van der Waals surface area contributed by atoms with Crippen molar-refractivity contribution in [3.05, 3.63) is 81.8 Å². The smallest absolute Gasteiger partial charge is 0.265 e. The minimum atomic E-state index is -0.191. The second-order valence-electron chi connectivity index (χ2n) is 9.94. The number of carbonyl (C=O) groups excluding carboxylic acids is 1. The first kappa shape index (κ1) is 23.9. The molecule has 8 nitrogen and oxygen atoms in total. The van der Waals surface area contributed by atoms with E-state index in [9.17, 15) is 9.59 Å². The lowest BCUT2D eigenvalue weighted by Gasteiger charge is -2.35. The molecule has 2 aliphatic heterocycles. The van der Waals surface area contributed by atoms with Gasteiger partial charge in [-0.15, -0.1) is 0 Å². The zero-order valence-corrected chi connectivity index (χ0v) is 21.9. The molecule has 2 aromatic carbocycles. The maximum absolute atomic E-state index is 13.5. The molecule has 0 aliphatic carbocycles. The molecule has 37 heavy (non-hydrogen) atoms. The molecule has 0 spiro atoms. The Morgan fingerprint density at radius 1 is 1.03 bits per heavy atom. The molecule has 4 aromatic rings. The van der Waals surface area contributed by atoms with E-state index in [0.29, 0.717) is 41.5 Å². The molecule has 6 rings (SSSR count). The van der Waals surface area contributed by atoms with Gasteiger partial charge < -0.3 is 4.90 Å². The van der Waals surface area contributed by atoms with E-state index in [0.717, 1.165) is 30.9 Å². The minimum Gasteiger partial charge on any atom is -0.340 e. The van der Waals surface area contributed by atoms with Gasteiger partial charge in [0.2, 0.25) is 5.91 Å². The second-order valence-corrected chi connectivity index (χ2v) is 10.9. The Balaban J connectivity index is 1.16. The molecule has 1 fully saturated rings. The number of aryl methyl sites for hydroxylation is 2. The summed E-state index contributed by atoms with van der Waals surface area (Å²) in [5.41, 5.74) is 4.98. The van der Waals surface area contributed by atoms with Crippen molar-refractivity contribution in [1.29, 1.82) is 0 Å². The van der Waals surface area contributed by atoms with Gasteiger partial charge in [-0.1, -0.05) is 48.2 Å². The van der Waals surface area contributed by atoms with Crippen LogP contribution in [0.1, 0.15) is 29.2 Å². The van der Waals surface area contributed by atoms with Crippen molar-refractivity contribution < 1.29 is 4.79 Å². The van der Waals surface area contributed by atoms with Crippen molar-refractivity contribution in [2.24, 2.45) is 0 Å². The number of nitrogens with zero attached hydrogens (tertiary/aromatic N) is 6. The van der Waals surface area contributed by atoms with Gasteiger partial charge in [0.05, 0.1) is 17.9 Å². The molecule has 190 valence electrons. The number of hydrogen-bond acceptors (Lipinski definition) is 6. The van der Waals surface area contributed by atoms with Crippen LogP contribution in [-0.2, 0) is 11.3 Å². The van der Waals surface area contributed by atoms with Crippen LogP contribution in [0.15, 0.2) is 64.7 Å². The quantitative estimate of drug-likeness (QED) is 0.379. The lowest BCUT2D eigenvalue weighted by atomic mass is 10.1. The molecule has 1 amide bonds. The fourth-order valence-corrected chi connectivity index (χ4v) is 6.29. The zero-order chi connectivity index (χ0) is 25.5. The van der Waals surface area contributed by atoms with Crippen LogP contribution in [0, 0.1) is 13.8 Å². The molecule has 1 unspecified atom stereocenters. The van der Waals surface area contributed by atoms with E-state index in [4.69, 9.17) is 4.98 Å². The molecule has 4 heterocycles. The third kappa shape index (κ3) is 4.57. The number of piperazine rings is 1. The maximum atomic E-state index is 13.5. The van der Waals surface area contributed by atoms with Gasteiger partial charge in [-0.05, 0) is 42.7 Å². The van der Waals surface area contributed by atoms with Gasteiger partial charge in [-0.2, -0.15) is 5.10 Å². The number of rotatable bonds is 5. The second kappa shape index (κ2) is 9.79. The summed E-state index contributed by atoms with van der Waals surface area (Å²) in [6.45, 7) is 8.18. The largest absolute Gasteiger partial charge is 0.340 e. The van der Waals surface area contributed by atoms with Crippen LogP contribution < -0.4 is 5.56 Å². The molecule has 0 N–H and O–H groups in total. The number of amides is 1. The number of fused-ring (bicyclic) bond motifs is 2. The highest BCUT2D eigenvalue weighted by Gasteiger charge is 2.31. The first-order valence-corrected chi connectivity index (χ1v) is 13.7. The lowest BCUT2D eigenvalue weighted by molar-refractivity contribution is -0.133. The Labute approximate surface area is 219 Å². The van der Waals surface area contributed by atoms with Crippen LogP contribution in [0.25, 0.3) is 16.7 Å². The molecule has 9 heteroatoms. The molecule has 0 saturated carbocycles. The number of hydrogen-bond donors (Lipinski definition) is 0. The van der Waals surface area contributed by atoms with Crippen LogP contribution in [0.3, 0.4) is 0 Å². The standard InChI is InChI=1S/C28H30N6O2S/c1-19-8-9-22(14-20(19)2)34-26-24(16-29-34)27(36)33-23(18-37-28(33)30-26)15-25(35)32-12-10-31(11-13-32)17-21-6-4-3-5-7-21/h3-9,14,16,23H,10-13,15,17-18H2,1-2H3. The third-order valence-electron chi connectivity index (χ3n) is 7.49. The summed E-state index contributed by atoms with van der Waals surface area (Å²) in [7, 11) is 0. The van der Waals surface area contributed by atoms with Crippen LogP contribution >= 0.6 is 11.8 Å². The Hall–Kier alpha value is -3.43. The van der Waals surface area contributed by atoms with Gasteiger partial charge in [0.25, 0.3) is 5.56 Å². The SMILES string of the molecule is Cc1ccc(-n2ncc3c(=O)n4c(nc32)SCC4CC(=O)N2CCN(Cc3ccccc3)CC2)cc1C. The van der Waals surface area contributed by atoms with Crippen LogP contribution in [0.4, 0.5) is 0 Å². The van der Waals surface area contributed by atoms with E-state index in [1.807, 2.05) is 17.0 Å².